The van der Waals surface area contributed by atoms with E-state index in [0.717, 1.165) is 25.8 Å². The lowest BCUT2D eigenvalue weighted by Crippen LogP contribution is -2.12. The third-order valence-electron chi connectivity index (χ3n) is 4.04. The summed E-state index contributed by atoms with van der Waals surface area (Å²) in [5.74, 6) is 0. The van der Waals surface area contributed by atoms with E-state index in [1.54, 1.807) is 0 Å². The molecule has 0 aliphatic heterocycles. The van der Waals surface area contributed by atoms with Crippen LogP contribution in [0.25, 0.3) is 5.57 Å². The Hall–Kier alpha value is -1.93. The molecule has 1 heterocycles. The molecule has 2 nitrogen and oxygen atoms in total. The molecule has 0 N–H and O–H groups in total. The molecular weight excluding hydrogens is 256 g/mol. The Bertz CT molecular complexity index is 607. The van der Waals surface area contributed by atoms with Gasteiger partial charge in [0.25, 0.3) is 0 Å². The summed E-state index contributed by atoms with van der Waals surface area (Å²) in [4.78, 5) is 6.90. The van der Waals surface area contributed by atoms with Crippen molar-refractivity contribution in [2.75, 3.05) is 20.6 Å². The molecule has 0 amide bonds. The fourth-order valence-electron chi connectivity index (χ4n) is 2.95. The van der Waals surface area contributed by atoms with Gasteiger partial charge in [0, 0.05) is 18.3 Å². The van der Waals surface area contributed by atoms with E-state index in [9.17, 15) is 0 Å². The SMILES string of the molecule is CN(C)CCC=C1c2ccccc2CCc2cccnc21. The lowest BCUT2D eigenvalue weighted by molar-refractivity contribution is 0.417. The summed E-state index contributed by atoms with van der Waals surface area (Å²) in [6, 6.07) is 13.0. The van der Waals surface area contributed by atoms with Crippen LogP contribution in [-0.4, -0.2) is 30.5 Å². The zero-order chi connectivity index (χ0) is 14.7. The van der Waals surface area contributed by atoms with E-state index in [2.05, 4.69) is 60.4 Å². The molecular formula is C19H22N2. The molecule has 21 heavy (non-hydrogen) atoms. The van der Waals surface area contributed by atoms with E-state index < -0.39 is 0 Å². The maximum atomic E-state index is 4.68. The van der Waals surface area contributed by atoms with Gasteiger partial charge in [0.1, 0.15) is 0 Å². The topological polar surface area (TPSA) is 16.1 Å². The quantitative estimate of drug-likeness (QED) is 0.853. The summed E-state index contributed by atoms with van der Waals surface area (Å²) in [6.07, 6.45) is 7.49. The Morgan fingerprint density at radius 3 is 2.67 bits per heavy atom. The predicted molar refractivity (Wildman–Crippen MR) is 88.3 cm³/mol. The van der Waals surface area contributed by atoms with Crippen LogP contribution < -0.4 is 0 Å². The van der Waals surface area contributed by atoms with E-state index in [1.165, 1.54) is 28.0 Å². The fourth-order valence-corrected chi connectivity index (χ4v) is 2.95. The van der Waals surface area contributed by atoms with E-state index in [-0.39, 0.29) is 0 Å². The van der Waals surface area contributed by atoms with Gasteiger partial charge in [0.2, 0.25) is 0 Å². The molecule has 2 aromatic rings. The van der Waals surface area contributed by atoms with Crippen molar-refractivity contribution in [2.45, 2.75) is 19.3 Å². The number of hydrogen-bond acceptors (Lipinski definition) is 2. The second-order valence-corrected chi connectivity index (χ2v) is 5.88. The van der Waals surface area contributed by atoms with Gasteiger partial charge < -0.3 is 4.90 Å². The van der Waals surface area contributed by atoms with Gasteiger partial charge in [-0.15, -0.1) is 0 Å². The van der Waals surface area contributed by atoms with E-state index in [4.69, 9.17) is 0 Å². The Kier molecular flexibility index (Phi) is 4.16. The van der Waals surface area contributed by atoms with Gasteiger partial charge in [-0.05, 0) is 56.1 Å². The number of benzene rings is 1. The third-order valence-corrected chi connectivity index (χ3v) is 4.04. The first kappa shape index (κ1) is 14.0. The van der Waals surface area contributed by atoms with Gasteiger partial charge in [-0.3, -0.25) is 4.98 Å². The Balaban J connectivity index is 2.07. The van der Waals surface area contributed by atoms with Crippen LogP contribution in [0.3, 0.4) is 0 Å². The molecule has 2 heteroatoms. The molecule has 3 rings (SSSR count). The maximum absolute atomic E-state index is 4.68. The standard InChI is InChI=1S/C19H22N2/c1-21(2)14-6-10-18-17-9-4-3-7-15(17)11-12-16-8-5-13-20-19(16)18/h3-5,7-10,13H,6,11-12,14H2,1-2H3. The lowest BCUT2D eigenvalue weighted by atomic mass is 9.96. The van der Waals surface area contributed by atoms with Crippen molar-refractivity contribution in [1.82, 2.24) is 9.88 Å². The summed E-state index contributed by atoms with van der Waals surface area (Å²) in [5, 5.41) is 0. The Labute approximate surface area is 127 Å². The zero-order valence-corrected chi connectivity index (χ0v) is 12.8. The lowest BCUT2D eigenvalue weighted by Gasteiger charge is -2.12. The molecule has 0 unspecified atom stereocenters. The summed E-state index contributed by atoms with van der Waals surface area (Å²) < 4.78 is 0. The van der Waals surface area contributed by atoms with Crippen LogP contribution in [-0.2, 0) is 12.8 Å². The van der Waals surface area contributed by atoms with Gasteiger partial charge in [-0.25, -0.2) is 0 Å². The molecule has 1 aliphatic rings. The smallest absolute Gasteiger partial charge is 0.0736 e. The van der Waals surface area contributed by atoms with Crippen molar-refractivity contribution in [3.63, 3.8) is 0 Å². The molecule has 0 bridgehead atoms. The predicted octanol–water partition coefficient (Wildman–Crippen LogP) is 3.56. The first-order valence-corrected chi connectivity index (χ1v) is 7.63. The number of rotatable bonds is 3. The summed E-state index contributed by atoms with van der Waals surface area (Å²) >= 11 is 0. The Morgan fingerprint density at radius 1 is 1.05 bits per heavy atom. The summed E-state index contributed by atoms with van der Waals surface area (Å²) in [6.45, 7) is 1.06. The van der Waals surface area contributed by atoms with Crippen molar-refractivity contribution in [2.24, 2.45) is 0 Å². The first-order chi connectivity index (χ1) is 10.3. The molecule has 1 aromatic carbocycles. The van der Waals surface area contributed by atoms with Crippen molar-refractivity contribution in [3.8, 4) is 0 Å². The average molecular weight is 278 g/mol. The molecule has 0 spiro atoms. The minimum atomic E-state index is 1.05. The van der Waals surface area contributed by atoms with Crippen molar-refractivity contribution < 1.29 is 0 Å². The molecule has 0 atom stereocenters. The Morgan fingerprint density at radius 2 is 1.81 bits per heavy atom. The second kappa shape index (κ2) is 6.23. The molecule has 0 fully saturated rings. The highest BCUT2D eigenvalue weighted by Crippen LogP contribution is 2.32. The normalized spacial score (nSPS) is 15.7. The number of aryl methyl sites for hydroxylation is 2. The van der Waals surface area contributed by atoms with Crippen LogP contribution in [0.4, 0.5) is 0 Å². The monoisotopic (exact) mass is 278 g/mol. The summed E-state index contributed by atoms with van der Waals surface area (Å²) in [5.41, 5.74) is 6.63. The van der Waals surface area contributed by atoms with Gasteiger partial charge in [-0.2, -0.15) is 0 Å². The van der Waals surface area contributed by atoms with E-state index >= 15 is 0 Å². The van der Waals surface area contributed by atoms with Gasteiger partial charge in [0.05, 0.1) is 5.69 Å². The zero-order valence-electron chi connectivity index (χ0n) is 12.8. The molecule has 0 saturated heterocycles. The molecule has 0 saturated carbocycles. The maximum Gasteiger partial charge on any atom is 0.0736 e. The number of fused-ring (bicyclic) bond motifs is 2. The first-order valence-electron chi connectivity index (χ1n) is 7.63. The van der Waals surface area contributed by atoms with Gasteiger partial charge in [0.15, 0.2) is 0 Å². The number of aromatic nitrogens is 1. The largest absolute Gasteiger partial charge is 0.309 e. The minimum absolute atomic E-state index is 1.05. The van der Waals surface area contributed by atoms with Gasteiger partial charge >= 0.3 is 0 Å². The van der Waals surface area contributed by atoms with E-state index in [0.29, 0.717) is 0 Å². The van der Waals surface area contributed by atoms with Crippen molar-refractivity contribution in [1.29, 1.82) is 0 Å². The van der Waals surface area contributed by atoms with Crippen LogP contribution in [0, 0.1) is 0 Å². The number of pyridine rings is 1. The van der Waals surface area contributed by atoms with Crippen molar-refractivity contribution in [3.05, 3.63) is 71.1 Å². The second-order valence-electron chi connectivity index (χ2n) is 5.88. The van der Waals surface area contributed by atoms with E-state index in [1.807, 2.05) is 12.3 Å². The van der Waals surface area contributed by atoms with Crippen LogP contribution in [0.5, 0.6) is 0 Å². The van der Waals surface area contributed by atoms with Crippen LogP contribution >= 0.6 is 0 Å². The molecule has 108 valence electrons. The van der Waals surface area contributed by atoms with Gasteiger partial charge in [-0.1, -0.05) is 36.4 Å². The van der Waals surface area contributed by atoms with Crippen LogP contribution in [0.15, 0.2) is 48.7 Å². The van der Waals surface area contributed by atoms with Crippen LogP contribution in [0.2, 0.25) is 0 Å². The minimum Gasteiger partial charge on any atom is -0.309 e. The van der Waals surface area contributed by atoms with Crippen LogP contribution in [0.1, 0.15) is 28.8 Å². The number of hydrogen-bond donors (Lipinski definition) is 0. The highest BCUT2D eigenvalue weighted by Gasteiger charge is 2.18. The third kappa shape index (κ3) is 3.06. The van der Waals surface area contributed by atoms with Crippen molar-refractivity contribution >= 4 is 5.57 Å². The fraction of sp³-hybridized carbons (Fsp3) is 0.316. The summed E-state index contributed by atoms with van der Waals surface area (Å²) in [7, 11) is 4.23. The highest BCUT2D eigenvalue weighted by atomic mass is 15.0. The average Bonchev–Trinajstić information content (AvgIpc) is 2.65. The highest BCUT2D eigenvalue weighted by molar-refractivity contribution is 5.82. The molecule has 0 radical (unpaired) electrons. The number of nitrogens with zero attached hydrogens (tertiary/aromatic N) is 2. The molecule has 1 aliphatic carbocycles. The molecule has 1 aromatic heterocycles.